The molecule has 3 aliphatic rings. The number of carbonyl (C=O) groups is 2. The molecule has 15 heteroatoms. The van der Waals surface area contributed by atoms with Crippen molar-refractivity contribution in [3.8, 4) is 5.75 Å². The normalized spacial score (nSPS) is 19.3. The van der Waals surface area contributed by atoms with Crippen LogP contribution in [0.2, 0.25) is 5.02 Å². The average Bonchev–Trinajstić information content (AvgIpc) is 3.82. The molecular formula is C28H30ClF5N2O6S. The molecule has 5 rings (SSSR count). The molecule has 2 aliphatic carbocycles. The lowest BCUT2D eigenvalue weighted by atomic mass is 9.98. The van der Waals surface area contributed by atoms with Crippen LogP contribution in [0.5, 0.6) is 5.75 Å². The molecule has 2 N–H and O–H groups in total. The Bertz CT molecular complexity index is 1460. The number of carboxylic acid groups (broad SMARTS) is 1. The third-order valence-electron chi connectivity index (χ3n) is 7.29. The molecule has 1 saturated heterocycles. The first-order valence-corrected chi connectivity index (χ1v) is 15.5. The molecular weight excluding hydrogens is 623 g/mol. The van der Waals surface area contributed by atoms with Crippen molar-refractivity contribution in [3.63, 3.8) is 0 Å². The maximum atomic E-state index is 14.9. The fraction of sp³-hybridized carbons (Fsp3) is 0.500. The second kappa shape index (κ2) is 13.3. The molecule has 236 valence electrons. The molecule has 8 nitrogen and oxygen atoms in total. The fourth-order valence-electron chi connectivity index (χ4n) is 4.76. The average molecular weight is 653 g/mol. The van der Waals surface area contributed by atoms with Gasteiger partial charge in [-0.15, -0.1) is 0 Å². The van der Waals surface area contributed by atoms with E-state index in [-0.39, 0.29) is 23.2 Å². The number of piperidine rings is 1. The number of nitrogens with one attached hydrogen (secondary N) is 1. The first kappa shape index (κ1) is 32.9. The third kappa shape index (κ3) is 9.26. The van der Waals surface area contributed by atoms with Gasteiger partial charge in [0.1, 0.15) is 17.4 Å². The van der Waals surface area contributed by atoms with Crippen LogP contribution in [0.25, 0.3) is 0 Å². The van der Waals surface area contributed by atoms with E-state index in [2.05, 4.69) is 4.90 Å². The summed E-state index contributed by atoms with van der Waals surface area (Å²) in [6, 6.07) is 7.09. The van der Waals surface area contributed by atoms with Crippen LogP contribution in [-0.4, -0.2) is 61.4 Å². The van der Waals surface area contributed by atoms with Crippen molar-refractivity contribution in [1.82, 2.24) is 9.62 Å². The monoisotopic (exact) mass is 652 g/mol. The Kier molecular flexibility index (Phi) is 10.2. The van der Waals surface area contributed by atoms with Crippen LogP contribution in [0.15, 0.2) is 30.3 Å². The minimum atomic E-state index is -5.08. The van der Waals surface area contributed by atoms with E-state index in [0.29, 0.717) is 36.8 Å². The number of alkyl halides is 3. The van der Waals surface area contributed by atoms with Crippen LogP contribution < -0.4 is 9.46 Å². The number of ether oxygens (including phenoxy) is 1. The van der Waals surface area contributed by atoms with Crippen LogP contribution in [0, 0.1) is 17.6 Å². The number of hydrogen-bond acceptors (Lipinski definition) is 6. The molecule has 2 saturated carbocycles. The number of likely N-dealkylation sites (tertiary alicyclic amines) is 1. The van der Waals surface area contributed by atoms with E-state index in [1.807, 2.05) is 4.72 Å². The Morgan fingerprint density at radius 3 is 2.33 bits per heavy atom. The number of hydrogen-bond donors (Lipinski definition) is 2. The number of halogens is 6. The zero-order chi connectivity index (χ0) is 31.5. The molecule has 2 aromatic rings. The van der Waals surface area contributed by atoms with Crippen LogP contribution in [0.3, 0.4) is 0 Å². The molecule has 0 spiro atoms. The highest BCUT2D eigenvalue weighted by Crippen LogP contribution is 2.45. The number of sulfonamides is 1. The van der Waals surface area contributed by atoms with Crippen molar-refractivity contribution in [2.75, 3.05) is 19.7 Å². The van der Waals surface area contributed by atoms with Crippen LogP contribution >= 0.6 is 11.6 Å². The molecule has 1 amide bonds. The molecule has 0 aromatic heterocycles. The summed E-state index contributed by atoms with van der Waals surface area (Å²) in [6.45, 7) is 2.69. The molecule has 1 heterocycles. The second-order valence-electron chi connectivity index (χ2n) is 10.9. The van der Waals surface area contributed by atoms with E-state index in [0.717, 1.165) is 49.9 Å². The third-order valence-corrected chi connectivity index (χ3v) is 9.46. The number of aliphatic carboxylic acids is 1. The van der Waals surface area contributed by atoms with Crippen LogP contribution in [0.4, 0.5) is 22.0 Å². The van der Waals surface area contributed by atoms with Gasteiger partial charge in [0, 0.05) is 30.1 Å². The van der Waals surface area contributed by atoms with Crippen LogP contribution in [-0.2, 0) is 21.4 Å². The van der Waals surface area contributed by atoms with Crippen molar-refractivity contribution >= 4 is 33.5 Å². The lowest BCUT2D eigenvalue weighted by molar-refractivity contribution is -0.192. The van der Waals surface area contributed by atoms with Gasteiger partial charge in [0.2, 0.25) is 10.0 Å². The summed E-state index contributed by atoms with van der Waals surface area (Å²) in [5.74, 6) is -4.04. The minimum absolute atomic E-state index is 0.177. The Morgan fingerprint density at radius 2 is 1.74 bits per heavy atom. The van der Waals surface area contributed by atoms with Gasteiger partial charge in [-0.05, 0) is 80.3 Å². The number of carbonyl (C=O) groups excluding carboxylic acids is 1. The van der Waals surface area contributed by atoms with Crippen molar-refractivity contribution in [2.24, 2.45) is 5.92 Å². The highest BCUT2D eigenvalue weighted by atomic mass is 35.5. The minimum Gasteiger partial charge on any atom is -0.493 e. The first-order valence-electron chi connectivity index (χ1n) is 13.6. The van der Waals surface area contributed by atoms with E-state index < -0.39 is 39.1 Å². The summed E-state index contributed by atoms with van der Waals surface area (Å²) in [7, 11) is -3.77. The van der Waals surface area contributed by atoms with Gasteiger partial charge < -0.3 is 9.84 Å². The summed E-state index contributed by atoms with van der Waals surface area (Å²) in [6.07, 6.45) is -0.279. The SMILES string of the molecule is O=C(NS(=O)(=O)C1CC1)c1cc(C2CC2)c(OC[C@H]2CCCN(Cc3ccc(F)cc3Cl)C2)cc1F.O=C(O)C(F)(F)F. The Hall–Kier alpha value is -2.97. The van der Waals surface area contributed by atoms with Crippen molar-refractivity contribution in [1.29, 1.82) is 0 Å². The molecule has 3 fully saturated rings. The van der Waals surface area contributed by atoms with Gasteiger partial charge in [-0.25, -0.2) is 26.7 Å². The van der Waals surface area contributed by atoms with Crippen molar-refractivity contribution in [2.45, 2.75) is 62.4 Å². The predicted octanol–water partition coefficient (Wildman–Crippen LogP) is 5.64. The highest BCUT2D eigenvalue weighted by Gasteiger charge is 2.39. The van der Waals surface area contributed by atoms with E-state index in [1.54, 1.807) is 6.07 Å². The molecule has 1 atom stereocenters. The summed E-state index contributed by atoms with van der Waals surface area (Å²) < 4.78 is 92.4. The lowest BCUT2D eigenvalue weighted by Crippen LogP contribution is -2.37. The number of amides is 1. The van der Waals surface area contributed by atoms with Gasteiger partial charge in [-0.3, -0.25) is 9.69 Å². The zero-order valence-electron chi connectivity index (χ0n) is 22.8. The van der Waals surface area contributed by atoms with Gasteiger partial charge in [0.15, 0.2) is 0 Å². The van der Waals surface area contributed by atoms with Gasteiger partial charge in [-0.2, -0.15) is 13.2 Å². The van der Waals surface area contributed by atoms with E-state index >= 15 is 0 Å². The Morgan fingerprint density at radius 1 is 1.07 bits per heavy atom. The summed E-state index contributed by atoms with van der Waals surface area (Å²) in [5, 5.41) is 6.97. The van der Waals surface area contributed by atoms with Gasteiger partial charge in [0.25, 0.3) is 5.91 Å². The maximum absolute atomic E-state index is 14.9. The first-order chi connectivity index (χ1) is 20.1. The van der Waals surface area contributed by atoms with E-state index in [1.165, 1.54) is 24.3 Å². The summed E-state index contributed by atoms with van der Waals surface area (Å²) in [5.41, 5.74) is 1.35. The number of carboxylic acids is 1. The van der Waals surface area contributed by atoms with E-state index in [4.69, 9.17) is 26.2 Å². The fourth-order valence-corrected chi connectivity index (χ4v) is 6.28. The highest BCUT2D eigenvalue weighted by molar-refractivity contribution is 7.91. The molecule has 0 unspecified atom stereocenters. The molecule has 43 heavy (non-hydrogen) atoms. The smallest absolute Gasteiger partial charge is 0.490 e. The lowest BCUT2D eigenvalue weighted by Gasteiger charge is -2.33. The molecule has 0 bridgehead atoms. The largest absolute Gasteiger partial charge is 0.493 e. The Balaban J connectivity index is 0.000000541. The topological polar surface area (TPSA) is 113 Å². The predicted molar refractivity (Wildman–Crippen MR) is 146 cm³/mol. The molecule has 1 aliphatic heterocycles. The Labute approximate surface area is 250 Å². The standard InChI is InChI=1S/C26H29ClF2N2O4S.C2HF3O2/c27-23-10-19(28)6-5-18(23)14-31-9-1-2-16(13-31)15-35-25-12-24(29)22(11-21(25)17-3-4-17)26(32)30-36(33,34)20-7-8-20;3-2(4,5)1(6)7/h5-6,10-12,16-17,20H,1-4,7-9,13-15H2,(H,30,32);(H,6,7)/t16-;/m0./s1. The van der Waals surface area contributed by atoms with Crippen LogP contribution in [0.1, 0.15) is 65.9 Å². The van der Waals surface area contributed by atoms with Gasteiger partial charge >= 0.3 is 12.1 Å². The van der Waals surface area contributed by atoms with Gasteiger partial charge in [0.05, 0.1) is 17.4 Å². The van der Waals surface area contributed by atoms with Crippen molar-refractivity contribution in [3.05, 3.63) is 63.7 Å². The van der Waals surface area contributed by atoms with Crippen molar-refractivity contribution < 1.29 is 49.8 Å². The summed E-state index contributed by atoms with van der Waals surface area (Å²) >= 11 is 6.19. The number of nitrogens with zero attached hydrogens (tertiary/aromatic N) is 1. The zero-order valence-corrected chi connectivity index (χ0v) is 24.4. The molecule has 2 aromatic carbocycles. The quantitative estimate of drug-likeness (QED) is 0.337. The van der Waals surface area contributed by atoms with Gasteiger partial charge in [-0.1, -0.05) is 17.7 Å². The number of benzene rings is 2. The second-order valence-corrected chi connectivity index (χ2v) is 13.3. The summed E-state index contributed by atoms with van der Waals surface area (Å²) in [4.78, 5) is 23.7. The number of rotatable bonds is 9. The molecule has 0 radical (unpaired) electrons. The van der Waals surface area contributed by atoms with E-state index in [9.17, 15) is 35.2 Å². The maximum Gasteiger partial charge on any atom is 0.490 e.